The number of nitrogens with one attached hydrogen (secondary N) is 3. The maximum Gasteiger partial charge on any atom is 0.277 e. The van der Waals surface area contributed by atoms with Gasteiger partial charge in [0.25, 0.3) is 11.5 Å². The van der Waals surface area contributed by atoms with E-state index in [2.05, 4.69) is 25.8 Å². The molecule has 8 heteroatoms. The number of H-pyrrole nitrogens is 1. The standard InChI is InChI=1S/C20H20N6O2/c1-10-12-7-11-8-21-17-13(9-22-25-17)14(11)23-15(12)19(28)26-16(10)18(27)24-20(26)5-3-2-4-6-20/h8-9,23H,2-7H2,1H3,(H,24,27)(H,21,22,25). The van der Waals surface area contributed by atoms with Crippen molar-refractivity contribution in [3.63, 3.8) is 0 Å². The van der Waals surface area contributed by atoms with Crippen LogP contribution in [0.4, 0.5) is 11.4 Å². The van der Waals surface area contributed by atoms with E-state index in [4.69, 9.17) is 0 Å². The number of carbonyl (C=O) groups is 1. The van der Waals surface area contributed by atoms with Crippen molar-refractivity contribution in [2.75, 3.05) is 5.32 Å². The molecule has 1 amide bonds. The van der Waals surface area contributed by atoms with Crippen LogP contribution in [0, 0.1) is 6.92 Å². The van der Waals surface area contributed by atoms with E-state index in [1.807, 2.05) is 6.92 Å². The number of rotatable bonds is 0. The third kappa shape index (κ3) is 1.85. The topological polar surface area (TPSA) is 105 Å². The molecule has 0 saturated heterocycles. The van der Waals surface area contributed by atoms with Gasteiger partial charge in [-0.3, -0.25) is 19.3 Å². The Bertz CT molecular complexity index is 1230. The molecule has 3 aliphatic rings. The van der Waals surface area contributed by atoms with Gasteiger partial charge >= 0.3 is 0 Å². The van der Waals surface area contributed by atoms with Crippen LogP contribution in [-0.4, -0.2) is 25.7 Å². The van der Waals surface area contributed by atoms with Crippen LogP contribution in [0.1, 0.15) is 59.3 Å². The van der Waals surface area contributed by atoms with Gasteiger partial charge in [0, 0.05) is 12.6 Å². The predicted molar refractivity (Wildman–Crippen MR) is 104 cm³/mol. The van der Waals surface area contributed by atoms with Gasteiger partial charge in [-0.1, -0.05) is 6.42 Å². The van der Waals surface area contributed by atoms with Crippen molar-refractivity contribution in [3.05, 3.63) is 45.1 Å². The quantitative estimate of drug-likeness (QED) is 0.437. The number of hydrogen-bond acceptors (Lipinski definition) is 5. The van der Waals surface area contributed by atoms with Gasteiger partial charge < -0.3 is 10.6 Å². The average Bonchev–Trinajstić information content (AvgIpc) is 3.28. The molecule has 5 heterocycles. The Hall–Kier alpha value is -3.16. The van der Waals surface area contributed by atoms with E-state index in [1.54, 1.807) is 17.0 Å². The maximum atomic E-state index is 13.6. The van der Waals surface area contributed by atoms with Crippen molar-refractivity contribution in [1.29, 1.82) is 0 Å². The highest BCUT2D eigenvalue weighted by atomic mass is 16.2. The first kappa shape index (κ1) is 15.9. The molecular formula is C20H20N6O2. The Morgan fingerprint density at radius 1 is 1.11 bits per heavy atom. The number of aromatic nitrogens is 4. The Morgan fingerprint density at radius 3 is 2.75 bits per heavy atom. The fourth-order valence-corrected chi connectivity index (χ4v) is 5.22. The molecule has 3 aromatic heterocycles. The van der Waals surface area contributed by atoms with E-state index in [1.165, 1.54) is 0 Å². The lowest BCUT2D eigenvalue weighted by molar-refractivity contribution is 0.0876. The molecule has 1 saturated carbocycles. The summed E-state index contributed by atoms with van der Waals surface area (Å²) in [5, 5.41) is 14.3. The molecule has 0 unspecified atom stereocenters. The lowest BCUT2D eigenvalue weighted by atomic mass is 9.88. The first-order chi connectivity index (χ1) is 13.6. The first-order valence-corrected chi connectivity index (χ1v) is 9.78. The van der Waals surface area contributed by atoms with Gasteiger partial charge in [-0.25, -0.2) is 4.98 Å². The van der Waals surface area contributed by atoms with Crippen LogP contribution in [0.3, 0.4) is 0 Å². The fourth-order valence-electron chi connectivity index (χ4n) is 5.22. The van der Waals surface area contributed by atoms with Crippen molar-refractivity contribution >= 4 is 28.3 Å². The highest BCUT2D eigenvalue weighted by Crippen LogP contribution is 2.41. The minimum Gasteiger partial charge on any atom is -0.350 e. The van der Waals surface area contributed by atoms with Crippen LogP contribution in [0.25, 0.3) is 11.0 Å². The molecular weight excluding hydrogens is 356 g/mol. The van der Waals surface area contributed by atoms with E-state index in [0.717, 1.165) is 59.9 Å². The van der Waals surface area contributed by atoms with E-state index >= 15 is 0 Å². The summed E-state index contributed by atoms with van der Waals surface area (Å²) in [6.45, 7) is 1.95. The number of fused-ring (bicyclic) bond motifs is 6. The molecule has 8 nitrogen and oxygen atoms in total. The van der Waals surface area contributed by atoms with Crippen LogP contribution in [0.2, 0.25) is 0 Å². The van der Waals surface area contributed by atoms with Crippen molar-refractivity contribution in [2.45, 2.75) is 51.1 Å². The van der Waals surface area contributed by atoms with Gasteiger partial charge in [0.1, 0.15) is 17.0 Å². The molecule has 3 N–H and O–H groups in total. The number of aromatic amines is 1. The molecule has 142 valence electrons. The number of hydrogen-bond donors (Lipinski definition) is 3. The summed E-state index contributed by atoms with van der Waals surface area (Å²) in [6, 6.07) is 0. The van der Waals surface area contributed by atoms with Gasteiger partial charge in [-0.15, -0.1) is 0 Å². The molecule has 2 aliphatic heterocycles. The molecule has 0 atom stereocenters. The minimum absolute atomic E-state index is 0.116. The van der Waals surface area contributed by atoms with E-state index in [9.17, 15) is 9.59 Å². The van der Waals surface area contributed by atoms with Crippen LogP contribution in [-0.2, 0) is 12.1 Å². The lowest BCUT2D eigenvalue weighted by Crippen LogP contribution is -2.49. The van der Waals surface area contributed by atoms with Crippen LogP contribution >= 0.6 is 0 Å². The molecule has 28 heavy (non-hydrogen) atoms. The lowest BCUT2D eigenvalue weighted by Gasteiger charge is -2.36. The SMILES string of the molecule is Cc1c2c(c(=O)n3c1C(=O)NC31CCCCC1)Nc1c(cnc3[nH]ncc13)C2. The number of amides is 1. The fraction of sp³-hybridized carbons (Fsp3) is 0.400. The molecule has 1 spiro atoms. The largest absolute Gasteiger partial charge is 0.350 e. The Morgan fingerprint density at radius 2 is 1.93 bits per heavy atom. The third-order valence-corrected chi connectivity index (χ3v) is 6.60. The van der Waals surface area contributed by atoms with Crippen LogP contribution in [0.15, 0.2) is 17.2 Å². The van der Waals surface area contributed by atoms with E-state index in [0.29, 0.717) is 23.4 Å². The summed E-state index contributed by atoms with van der Waals surface area (Å²) in [5.41, 5.74) is 4.72. The third-order valence-electron chi connectivity index (χ3n) is 6.60. The van der Waals surface area contributed by atoms with Gasteiger partial charge in [0.15, 0.2) is 5.65 Å². The normalized spacial score (nSPS) is 19.1. The smallest absolute Gasteiger partial charge is 0.277 e. The summed E-state index contributed by atoms with van der Waals surface area (Å²) in [7, 11) is 0. The summed E-state index contributed by atoms with van der Waals surface area (Å²) in [4.78, 5) is 30.9. The summed E-state index contributed by atoms with van der Waals surface area (Å²) in [6.07, 6.45) is 8.87. The number of pyridine rings is 2. The molecule has 0 bridgehead atoms. The summed E-state index contributed by atoms with van der Waals surface area (Å²) in [5.74, 6) is -0.131. The van der Waals surface area contributed by atoms with Gasteiger partial charge in [0.05, 0.1) is 17.3 Å². The van der Waals surface area contributed by atoms with Crippen molar-refractivity contribution in [2.24, 2.45) is 0 Å². The maximum absolute atomic E-state index is 13.6. The zero-order valence-electron chi connectivity index (χ0n) is 15.6. The highest BCUT2D eigenvalue weighted by molar-refractivity contribution is 5.99. The van der Waals surface area contributed by atoms with E-state index in [-0.39, 0.29) is 11.5 Å². The van der Waals surface area contributed by atoms with Crippen molar-refractivity contribution in [1.82, 2.24) is 25.1 Å². The molecule has 1 aliphatic carbocycles. The Balaban J connectivity index is 1.61. The molecule has 0 aromatic carbocycles. The zero-order valence-corrected chi connectivity index (χ0v) is 15.6. The van der Waals surface area contributed by atoms with Gasteiger partial charge in [-0.2, -0.15) is 5.10 Å². The number of nitrogens with zero attached hydrogens (tertiary/aromatic N) is 3. The predicted octanol–water partition coefficient (Wildman–Crippen LogP) is 2.44. The average molecular weight is 376 g/mol. The number of carbonyl (C=O) groups excluding carboxylic acids is 1. The minimum atomic E-state index is -0.577. The van der Waals surface area contributed by atoms with E-state index < -0.39 is 5.66 Å². The summed E-state index contributed by atoms with van der Waals surface area (Å²) >= 11 is 0. The highest BCUT2D eigenvalue weighted by Gasteiger charge is 2.46. The second-order valence-corrected chi connectivity index (χ2v) is 8.11. The van der Waals surface area contributed by atoms with Crippen LogP contribution < -0.4 is 16.2 Å². The molecule has 0 radical (unpaired) electrons. The Kier molecular flexibility index (Phi) is 2.95. The second-order valence-electron chi connectivity index (χ2n) is 8.11. The molecule has 6 rings (SSSR count). The van der Waals surface area contributed by atoms with Crippen molar-refractivity contribution < 1.29 is 4.79 Å². The number of anilines is 2. The Labute approximate surface area is 160 Å². The van der Waals surface area contributed by atoms with Gasteiger partial charge in [0.2, 0.25) is 0 Å². The molecule has 1 fully saturated rings. The summed E-state index contributed by atoms with van der Waals surface area (Å²) < 4.78 is 1.74. The zero-order chi connectivity index (χ0) is 19.0. The van der Waals surface area contributed by atoms with Crippen molar-refractivity contribution in [3.8, 4) is 0 Å². The molecule has 3 aromatic rings. The van der Waals surface area contributed by atoms with Crippen LogP contribution in [0.5, 0.6) is 0 Å². The van der Waals surface area contributed by atoms with Gasteiger partial charge in [-0.05, 0) is 49.3 Å². The second kappa shape index (κ2) is 5.21. The monoisotopic (exact) mass is 376 g/mol. The first-order valence-electron chi connectivity index (χ1n) is 9.78.